The lowest BCUT2D eigenvalue weighted by Gasteiger charge is -2.30. The van der Waals surface area contributed by atoms with Crippen LogP contribution in [0.5, 0.6) is 11.5 Å². The van der Waals surface area contributed by atoms with Gasteiger partial charge in [-0.3, -0.25) is 9.59 Å². The fraction of sp³-hybridized carbons (Fsp3) is 0.304. The van der Waals surface area contributed by atoms with E-state index in [4.69, 9.17) is 18.6 Å². The molecular formula is C23H22N2O6S. The van der Waals surface area contributed by atoms with E-state index >= 15 is 0 Å². The van der Waals surface area contributed by atoms with E-state index in [9.17, 15) is 9.59 Å². The zero-order valence-corrected chi connectivity index (χ0v) is 18.4. The van der Waals surface area contributed by atoms with Gasteiger partial charge in [-0.05, 0) is 23.8 Å². The summed E-state index contributed by atoms with van der Waals surface area (Å²) >= 11 is 1.33. The van der Waals surface area contributed by atoms with Crippen molar-refractivity contribution in [1.29, 1.82) is 0 Å². The van der Waals surface area contributed by atoms with Crippen molar-refractivity contribution in [3.63, 3.8) is 0 Å². The molecule has 0 spiro atoms. The number of thiophene rings is 1. The zero-order chi connectivity index (χ0) is 22.2. The van der Waals surface area contributed by atoms with Gasteiger partial charge < -0.3 is 28.4 Å². The molecule has 0 aliphatic carbocycles. The van der Waals surface area contributed by atoms with Crippen molar-refractivity contribution in [3.8, 4) is 22.6 Å². The molecule has 8 nitrogen and oxygen atoms in total. The first-order valence-electron chi connectivity index (χ1n) is 10.3. The molecule has 9 heteroatoms. The van der Waals surface area contributed by atoms with Crippen molar-refractivity contribution in [2.45, 2.75) is 0 Å². The monoisotopic (exact) mass is 454 g/mol. The average Bonchev–Trinajstić information content (AvgIpc) is 3.27. The predicted molar refractivity (Wildman–Crippen MR) is 123 cm³/mol. The first kappa shape index (κ1) is 20.6. The number of ether oxygens (including phenoxy) is 3. The van der Waals surface area contributed by atoms with Crippen LogP contribution in [0.3, 0.4) is 0 Å². The first-order valence-corrected chi connectivity index (χ1v) is 11.2. The molecular weight excluding hydrogens is 432 g/mol. The molecule has 0 N–H and O–H groups in total. The average molecular weight is 455 g/mol. The number of rotatable bonds is 4. The van der Waals surface area contributed by atoms with Crippen LogP contribution in [-0.2, 0) is 9.53 Å². The molecule has 4 heterocycles. The Balaban J connectivity index is 1.67. The fourth-order valence-electron chi connectivity index (χ4n) is 4.01. The van der Waals surface area contributed by atoms with Crippen LogP contribution < -0.4 is 24.7 Å². The van der Waals surface area contributed by atoms with Crippen LogP contribution in [0, 0.1) is 0 Å². The third-order valence-electron chi connectivity index (χ3n) is 5.61. The summed E-state index contributed by atoms with van der Waals surface area (Å²) in [7, 11) is 1.55. The number of amides is 1. The Hall–Kier alpha value is -3.30. The summed E-state index contributed by atoms with van der Waals surface area (Å²) in [5.41, 5.74) is 2.56. The normalized spacial score (nSPS) is 15.9. The molecule has 0 radical (unpaired) electrons. The molecule has 166 valence electrons. The maximum atomic E-state index is 12.8. The number of morpholine rings is 1. The number of hydrogen-bond acceptors (Lipinski definition) is 8. The standard InChI is InChI=1S/C23H22N2O6S/c1-3-19(27)25-6-9-30-22-16(25)10-14(11-18(22)28-2)15-13-32-23-17(26)12-20(31-21(15)23)24-4-7-29-8-5-24/h3,10-13H,1,4-9H2,2H3. The largest absolute Gasteiger partial charge is 0.493 e. The smallest absolute Gasteiger partial charge is 0.250 e. The van der Waals surface area contributed by atoms with Crippen LogP contribution in [0.2, 0.25) is 0 Å². The van der Waals surface area contributed by atoms with Gasteiger partial charge in [-0.1, -0.05) is 6.58 Å². The molecule has 1 amide bonds. The summed E-state index contributed by atoms with van der Waals surface area (Å²) in [4.78, 5) is 28.9. The second-order valence-corrected chi connectivity index (χ2v) is 8.30. The Bertz CT molecular complexity index is 1260. The highest BCUT2D eigenvalue weighted by Gasteiger charge is 2.27. The zero-order valence-electron chi connectivity index (χ0n) is 17.6. The van der Waals surface area contributed by atoms with Crippen LogP contribution in [0.25, 0.3) is 21.4 Å². The topological polar surface area (TPSA) is 81.5 Å². The molecule has 2 aliphatic heterocycles. The molecule has 0 bridgehead atoms. The Kier molecular flexibility index (Phi) is 5.36. The fourth-order valence-corrected chi connectivity index (χ4v) is 4.92. The van der Waals surface area contributed by atoms with Crippen LogP contribution >= 0.6 is 11.3 Å². The molecule has 0 saturated carbocycles. The van der Waals surface area contributed by atoms with E-state index in [0.717, 1.165) is 11.1 Å². The van der Waals surface area contributed by atoms with Gasteiger partial charge in [0.15, 0.2) is 23.0 Å². The van der Waals surface area contributed by atoms with E-state index in [2.05, 4.69) is 6.58 Å². The van der Waals surface area contributed by atoms with Crippen molar-refractivity contribution in [2.24, 2.45) is 0 Å². The Morgan fingerprint density at radius 3 is 2.75 bits per heavy atom. The predicted octanol–water partition coefficient (Wildman–Crippen LogP) is 3.28. The van der Waals surface area contributed by atoms with Gasteiger partial charge >= 0.3 is 0 Å². The summed E-state index contributed by atoms with van der Waals surface area (Å²) in [6, 6.07) is 5.24. The molecule has 3 aromatic rings. The van der Waals surface area contributed by atoms with Crippen LogP contribution in [-0.4, -0.2) is 52.5 Å². The second kappa shape index (κ2) is 8.33. The van der Waals surface area contributed by atoms with Crippen molar-refractivity contribution in [2.75, 3.05) is 56.4 Å². The van der Waals surface area contributed by atoms with Gasteiger partial charge in [0.25, 0.3) is 5.91 Å². The summed E-state index contributed by atoms with van der Waals surface area (Å²) in [5.74, 6) is 1.32. The second-order valence-electron chi connectivity index (χ2n) is 7.43. The SMILES string of the molecule is C=CC(=O)N1CCOc2c(OC)cc(-c3csc4c(=O)cc(N5CCOCC5)oc34)cc21. The lowest BCUT2D eigenvalue weighted by atomic mass is 10.0. The van der Waals surface area contributed by atoms with E-state index in [1.807, 2.05) is 22.4 Å². The number of carbonyl (C=O) groups is 1. The summed E-state index contributed by atoms with van der Waals surface area (Å²) in [6.07, 6.45) is 1.28. The lowest BCUT2D eigenvalue weighted by molar-refractivity contribution is -0.114. The van der Waals surface area contributed by atoms with Gasteiger partial charge in [0.05, 0.1) is 32.6 Å². The third kappa shape index (κ3) is 3.43. The highest BCUT2D eigenvalue weighted by molar-refractivity contribution is 7.17. The molecule has 2 aromatic heterocycles. The summed E-state index contributed by atoms with van der Waals surface area (Å²) in [5, 5.41) is 1.89. The number of hydrogen-bond donors (Lipinski definition) is 0. The van der Waals surface area contributed by atoms with Crippen molar-refractivity contribution >= 4 is 39.1 Å². The molecule has 0 unspecified atom stereocenters. The Morgan fingerprint density at radius 2 is 2.00 bits per heavy atom. The summed E-state index contributed by atoms with van der Waals surface area (Å²) < 4.78 is 23.6. The molecule has 1 fully saturated rings. The maximum Gasteiger partial charge on any atom is 0.250 e. The van der Waals surface area contributed by atoms with Crippen LogP contribution in [0.4, 0.5) is 11.6 Å². The van der Waals surface area contributed by atoms with Gasteiger partial charge in [0.1, 0.15) is 11.3 Å². The minimum Gasteiger partial charge on any atom is -0.493 e. The van der Waals surface area contributed by atoms with Gasteiger partial charge in [-0.15, -0.1) is 11.3 Å². The molecule has 32 heavy (non-hydrogen) atoms. The van der Waals surface area contributed by atoms with Crippen LogP contribution in [0.1, 0.15) is 0 Å². The number of benzene rings is 1. The quantitative estimate of drug-likeness (QED) is 0.560. The number of anilines is 2. The minimum atomic E-state index is -0.218. The van der Waals surface area contributed by atoms with E-state index in [0.29, 0.717) is 72.8 Å². The van der Waals surface area contributed by atoms with Crippen molar-refractivity contribution in [1.82, 2.24) is 0 Å². The van der Waals surface area contributed by atoms with Crippen molar-refractivity contribution < 1.29 is 23.4 Å². The van der Waals surface area contributed by atoms with Crippen molar-refractivity contribution in [3.05, 3.63) is 46.5 Å². The molecule has 1 saturated heterocycles. The molecule has 0 atom stereocenters. The highest BCUT2D eigenvalue weighted by Crippen LogP contribution is 2.45. The number of fused-ring (bicyclic) bond motifs is 2. The molecule has 2 aliphatic rings. The van der Waals surface area contributed by atoms with Gasteiger partial charge in [-0.2, -0.15) is 0 Å². The summed E-state index contributed by atoms with van der Waals surface area (Å²) in [6.45, 7) is 6.88. The lowest BCUT2D eigenvalue weighted by Crippen LogP contribution is -2.37. The number of methoxy groups -OCH3 is 1. The maximum absolute atomic E-state index is 12.8. The van der Waals surface area contributed by atoms with Crippen LogP contribution in [0.15, 0.2) is 45.4 Å². The van der Waals surface area contributed by atoms with Gasteiger partial charge in [0, 0.05) is 30.1 Å². The Morgan fingerprint density at radius 1 is 1.19 bits per heavy atom. The molecule has 5 rings (SSSR count). The minimum absolute atomic E-state index is 0.0827. The Labute approximate surface area is 188 Å². The number of carbonyl (C=O) groups excluding carboxylic acids is 1. The van der Waals surface area contributed by atoms with Gasteiger partial charge in [-0.25, -0.2) is 0 Å². The van der Waals surface area contributed by atoms with Gasteiger partial charge in [0.2, 0.25) is 5.43 Å². The van der Waals surface area contributed by atoms with E-state index in [1.54, 1.807) is 18.1 Å². The highest BCUT2D eigenvalue weighted by atomic mass is 32.1. The molecule has 1 aromatic carbocycles. The third-order valence-corrected chi connectivity index (χ3v) is 6.59. The number of nitrogens with zero attached hydrogens (tertiary/aromatic N) is 2. The first-order chi connectivity index (χ1) is 15.6. The van der Waals surface area contributed by atoms with E-state index in [-0.39, 0.29) is 11.3 Å². The van der Waals surface area contributed by atoms with E-state index < -0.39 is 0 Å². The van der Waals surface area contributed by atoms with E-state index in [1.165, 1.54) is 17.4 Å².